The summed E-state index contributed by atoms with van der Waals surface area (Å²) < 4.78 is 16.9. The highest BCUT2D eigenvalue weighted by atomic mass is 19.1. The average molecular weight is 163 g/mol. The van der Waals surface area contributed by atoms with Crippen LogP contribution in [0.25, 0.3) is 0 Å². The summed E-state index contributed by atoms with van der Waals surface area (Å²) in [6.45, 7) is 1.17. The van der Waals surface area contributed by atoms with Crippen LogP contribution in [0.3, 0.4) is 0 Å². The van der Waals surface area contributed by atoms with Crippen molar-refractivity contribution in [2.24, 2.45) is 0 Å². The predicted molar refractivity (Wildman–Crippen MR) is 39.2 cm³/mol. The molecule has 2 N–H and O–H groups in total. The first-order valence-electron chi connectivity index (χ1n) is 3.89. The largest absolute Gasteiger partial charge is 0.388 e. The Labute approximate surface area is 65.5 Å². The lowest BCUT2D eigenvalue weighted by Gasteiger charge is -2.12. The lowest BCUT2D eigenvalue weighted by atomic mass is 10.3. The first-order valence-corrected chi connectivity index (χ1v) is 3.89. The van der Waals surface area contributed by atoms with Crippen LogP contribution in [0.4, 0.5) is 4.39 Å². The third kappa shape index (κ3) is 3.14. The van der Waals surface area contributed by atoms with Gasteiger partial charge in [-0.05, 0) is 13.0 Å². The van der Waals surface area contributed by atoms with Crippen LogP contribution in [0.15, 0.2) is 0 Å². The third-order valence-electron chi connectivity index (χ3n) is 1.72. The van der Waals surface area contributed by atoms with E-state index in [-0.39, 0.29) is 12.7 Å². The van der Waals surface area contributed by atoms with Crippen molar-refractivity contribution in [3.8, 4) is 0 Å². The highest BCUT2D eigenvalue weighted by molar-refractivity contribution is 4.71. The SMILES string of the molecule is OC(CF)CO[C@@H]1CCNC1. The third-order valence-corrected chi connectivity index (χ3v) is 1.72. The molecular weight excluding hydrogens is 149 g/mol. The molecule has 1 unspecified atom stereocenters. The summed E-state index contributed by atoms with van der Waals surface area (Å²) in [5.41, 5.74) is 0. The summed E-state index contributed by atoms with van der Waals surface area (Å²) in [6.07, 6.45) is 0.172. The van der Waals surface area contributed by atoms with E-state index in [4.69, 9.17) is 9.84 Å². The normalized spacial score (nSPS) is 27.3. The van der Waals surface area contributed by atoms with Crippen molar-refractivity contribution in [1.82, 2.24) is 5.32 Å². The van der Waals surface area contributed by atoms with Gasteiger partial charge in [-0.1, -0.05) is 0 Å². The Bertz CT molecular complexity index is 107. The van der Waals surface area contributed by atoms with Gasteiger partial charge in [-0.25, -0.2) is 4.39 Å². The Kier molecular flexibility index (Phi) is 3.76. The van der Waals surface area contributed by atoms with E-state index in [1.165, 1.54) is 0 Å². The molecule has 2 atom stereocenters. The molecule has 1 saturated heterocycles. The molecule has 0 radical (unpaired) electrons. The molecule has 1 fully saturated rings. The van der Waals surface area contributed by atoms with E-state index in [1.807, 2.05) is 0 Å². The van der Waals surface area contributed by atoms with Crippen LogP contribution in [0.2, 0.25) is 0 Å². The molecule has 66 valence electrons. The van der Waals surface area contributed by atoms with Crippen molar-refractivity contribution in [2.45, 2.75) is 18.6 Å². The molecule has 1 aliphatic rings. The molecule has 1 aliphatic heterocycles. The molecule has 0 bridgehead atoms. The van der Waals surface area contributed by atoms with E-state index in [2.05, 4.69) is 5.32 Å². The standard InChI is InChI=1S/C7H14FNO2/c8-3-6(10)5-11-7-1-2-9-4-7/h6-7,9-10H,1-5H2/t6?,7-/m1/s1. The van der Waals surface area contributed by atoms with Gasteiger partial charge in [0.05, 0.1) is 12.7 Å². The lowest BCUT2D eigenvalue weighted by Crippen LogP contribution is -2.24. The molecule has 1 rings (SSSR count). The predicted octanol–water partition coefficient (Wildman–Crippen LogP) is -0.305. The molecule has 11 heavy (non-hydrogen) atoms. The number of halogens is 1. The maximum atomic E-state index is 11.7. The average Bonchev–Trinajstić information content (AvgIpc) is 2.52. The molecule has 0 spiro atoms. The number of hydrogen-bond acceptors (Lipinski definition) is 3. The van der Waals surface area contributed by atoms with Crippen LogP contribution in [-0.2, 0) is 4.74 Å². The van der Waals surface area contributed by atoms with Crippen molar-refractivity contribution in [2.75, 3.05) is 26.4 Å². The van der Waals surface area contributed by atoms with E-state index in [0.717, 1.165) is 19.5 Å². The van der Waals surface area contributed by atoms with Gasteiger partial charge >= 0.3 is 0 Å². The van der Waals surface area contributed by atoms with E-state index >= 15 is 0 Å². The Balaban J connectivity index is 2.01. The van der Waals surface area contributed by atoms with E-state index in [1.54, 1.807) is 0 Å². The number of alkyl halides is 1. The summed E-state index contributed by atoms with van der Waals surface area (Å²) in [6, 6.07) is 0. The van der Waals surface area contributed by atoms with Crippen molar-refractivity contribution < 1.29 is 14.2 Å². The van der Waals surface area contributed by atoms with Crippen molar-refractivity contribution in [1.29, 1.82) is 0 Å². The smallest absolute Gasteiger partial charge is 0.118 e. The second-order valence-electron chi connectivity index (χ2n) is 2.76. The number of hydrogen-bond donors (Lipinski definition) is 2. The minimum absolute atomic E-state index is 0.114. The fourth-order valence-electron chi connectivity index (χ4n) is 1.06. The Morgan fingerprint density at radius 3 is 3.09 bits per heavy atom. The second-order valence-corrected chi connectivity index (χ2v) is 2.76. The van der Waals surface area contributed by atoms with Crippen LogP contribution in [0, 0.1) is 0 Å². The lowest BCUT2D eigenvalue weighted by molar-refractivity contribution is -0.00925. The summed E-state index contributed by atoms with van der Waals surface area (Å²) in [4.78, 5) is 0. The molecule has 0 amide bonds. The molecular formula is C7H14FNO2. The number of ether oxygens (including phenoxy) is 1. The van der Waals surface area contributed by atoms with E-state index in [0.29, 0.717) is 0 Å². The number of aliphatic hydroxyl groups excluding tert-OH is 1. The zero-order chi connectivity index (χ0) is 8.10. The van der Waals surface area contributed by atoms with Gasteiger partial charge in [0.2, 0.25) is 0 Å². The first-order chi connectivity index (χ1) is 5.33. The monoisotopic (exact) mass is 163 g/mol. The maximum absolute atomic E-state index is 11.7. The van der Waals surface area contributed by atoms with Gasteiger partial charge in [0.1, 0.15) is 12.8 Å². The zero-order valence-corrected chi connectivity index (χ0v) is 6.42. The van der Waals surface area contributed by atoms with Crippen LogP contribution in [-0.4, -0.2) is 43.7 Å². The Morgan fingerprint density at radius 2 is 2.55 bits per heavy atom. The van der Waals surface area contributed by atoms with Gasteiger partial charge in [-0.2, -0.15) is 0 Å². The van der Waals surface area contributed by atoms with Gasteiger partial charge in [-0.15, -0.1) is 0 Å². The molecule has 0 aromatic rings. The van der Waals surface area contributed by atoms with Gasteiger partial charge in [0.25, 0.3) is 0 Å². The quantitative estimate of drug-likeness (QED) is 0.597. The van der Waals surface area contributed by atoms with E-state index < -0.39 is 12.8 Å². The molecule has 0 aromatic heterocycles. The Morgan fingerprint density at radius 1 is 1.73 bits per heavy atom. The van der Waals surface area contributed by atoms with Gasteiger partial charge in [0, 0.05) is 6.54 Å². The molecule has 0 aromatic carbocycles. The fourth-order valence-corrected chi connectivity index (χ4v) is 1.06. The summed E-state index contributed by atoms with van der Waals surface area (Å²) >= 11 is 0. The van der Waals surface area contributed by atoms with Gasteiger partial charge in [-0.3, -0.25) is 0 Å². The maximum Gasteiger partial charge on any atom is 0.118 e. The van der Waals surface area contributed by atoms with Crippen LogP contribution >= 0.6 is 0 Å². The minimum atomic E-state index is -0.949. The molecule has 0 saturated carbocycles. The van der Waals surface area contributed by atoms with E-state index in [9.17, 15) is 4.39 Å². The van der Waals surface area contributed by atoms with Crippen LogP contribution in [0.5, 0.6) is 0 Å². The number of rotatable bonds is 4. The summed E-state index contributed by atoms with van der Waals surface area (Å²) in [7, 11) is 0. The van der Waals surface area contributed by atoms with Gasteiger partial charge < -0.3 is 15.2 Å². The fraction of sp³-hybridized carbons (Fsp3) is 1.00. The van der Waals surface area contributed by atoms with Crippen LogP contribution in [0.1, 0.15) is 6.42 Å². The minimum Gasteiger partial charge on any atom is -0.388 e. The number of nitrogens with one attached hydrogen (secondary N) is 1. The highest BCUT2D eigenvalue weighted by Gasteiger charge is 2.15. The topological polar surface area (TPSA) is 41.5 Å². The van der Waals surface area contributed by atoms with Crippen molar-refractivity contribution in [3.05, 3.63) is 0 Å². The second kappa shape index (κ2) is 4.64. The Hall–Kier alpha value is -0.190. The zero-order valence-electron chi connectivity index (χ0n) is 6.42. The highest BCUT2D eigenvalue weighted by Crippen LogP contribution is 2.03. The summed E-state index contributed by atoms with van der Waals surface area (Å²) in [5.74, 6) is 0. The molecule has 1 heterocycles. The number of aliphatic hydroxyl groups is 1. The summed E-state index contributed by atoms with van der Waals surface area (Å²) in [5, 5.41) is 11.9. The molecule has 4 heteroatoms. The van der Waals surface area contributed by atoms with Crippen molar-refractivity contribution in [3.63, 3.8) is 0 Å². The molecule has 0 aliphatic carbocycles. The van der Waals surface area contributed by atoms with Gasteiger partial charge in [0.15, 0.2) is 0 Å². The first kappa shape index (κ1) is 8.90. The molecule has 3 nitrogen and oxygen atoms in total. The van der Waals surface area contributed by atoms with Crippen molar-refractivity contribution >= 4 is 0 Å². The van der Waals surface area contributed by atoms with Crippen LogP contribution < -0.4 is 5.32 Å².